The molecule has 33 heavy (non-hydrogen) atoms. The lowest BCUT2D eigenvalue weighted by Crippen LogP contribution is -2.39. The molecule has 0 aromatic heterocycles. The van der Waals surface area contributed by atoms with Gasteiger partial charge in [-0.05, 0) is 61.4 Å². The Balaban J connectivity index is 1.35. The van der Waals surface area contributed by atoms with Crippen LogP contribution in [0, 0.1) is 5.92 Å². The predicted molar refractivity (Wildman–Crippen MR) is 131 cm³/mol. The minimum atomic E-state index is 0.131. The smallest absolute Gasteiger partial charge is 0.228 e. The van der Waals surface area contributed by atoms with Crippen LogP contribution in [0.5, 0.6) is 0 Å². The van der Waals surface area contributed by atoms with Gasteiger partial charge in [0.25, 0.3) is 0 Å². The lowest BCUT2D eigenvalue weighted by molar-refractivity contribution is -0.120. The quantitative estimate of drug-likeness (QED) is 0.699. The maximum absolute atomic E-state index is 13.6. The van der Waals surface area contributed by atoms with Crippen LogP contribution in [0.25, 0.3) is 0 Å². The Morgan fingerprint density at radius 2 is 1.73 bits per heavy atom. The average molecular weight is 447 g/mol. The van der Waals surface area contributed by atoms with Crippen molar-refractivity contribution in [2.45, 2.75) is 70.0 Å². The van der Waals surface area contributed by atoms with E-state index in [0.29, 0.717) is 31.3 Å². The second kappa shape index (κ2) is 10.1. The molecule has 1 aliphatic carbocycles. The van der Waals surface area contributed by atoms with E-state index >= 15 is 0 Å². The fraction of sp³-hybridized carbons (Fsp3) is 0.481. The Kier molecular flexibility index (Phi) is 6.74. The summed E-state index contributed by atoms with van der Waals surface area (Å²) in [7, 11) is 0. The third-order valence-corrected chi connectivity index (χ3v) is 7.47. The molecule has 174 valence electrons. The number of nitrogens with one attached hydrogen (secondary N) is 2. The van der Waals surface area contributed by atoms with Gasteiger partial charge in [-0.2, -0.15) is 0 Å². The Morgan fingerprint density at radius 3 is 2.52 bits per heavy atom. The summed E-state index contributed by atoms with van der Waals surface area (Å²) in [6.07, 6.45) is 7.99. The van der Waals surface area contributed by atoms with Gasteiger partial charge in [-0.3, -0.25) is 20.4 Å². The first-order valence-electron chi connectivity index (χ1n) is 12.4. The molecule has 3 atom stereocenters. The molecule has 0 bridgehead atoms. The zero-order valence-electron chi connectivity index (χ0n) is 19.2. The summed E-state index contributed by atoms with van der Waals surface area (Å²) in [4.78, 5) is 29.7. The molecule has 2 saturated heterocycles. The Bertz CT molecular complexity index is 962. The average Bonchev–Trinajstić information content (AvgIpc) is 3.26. The number of carbonyl (C=O) groups excluding carboxylic acids is 2. The molecule has 2 heterocycles. The van der Waals surface area contributed by atoms with E-state index in [9.17, 15) is 9.59 Å². The van der Waals surface area contributed by atoms with Crippen molar-refractivity contribution in [3.05, 3.63) is 60.2 Å². The SMILES string of the molecule is O=C1CCCCN1c1ccc(N(Cc2ccccc2)C(=O)CC2NNC3CCCCC32)cc1. The van der Waals surface area contributed by atoms with Gasteiger partial charge in [0.1, 0.15) is 0 Å². The number of anilines is 2. The number of nitrogens with zero attached hydrogens (tertiary/aromatic N) is 2. The fourth-order valence-corrected chi connectivity index (χ4v) is 5.62. The maximum atomic E-state index is 13.6. The Hall–Kier alpha value is -2.70. The molecule has 2 aliphatic heterocycles. The fourth-order valence-electron chi connectivity index (χ4n) is 5.62. The number of amides is 2. The van der Waals surface area contributed by atoms with Crippen molar-refractivity contribution in [3.8, 4) is 0 Å². The molecule has 2 aromatic carbocycles. The van der Waals surface area contributed by atoms with Crippen LogP contribution >= 0.6 is 0 Å². The van der Waals surface area contributed by atoms with Crippen LogP contribution < -0.4 is 20.7 Å². The highest BCUT2D eigenvalue weighted by Crippen LogP contribution is 2.32. The van der Waals surface area contributed by atoms with Gasteiger partial charge in [-0.15, -0.1) is 0 Å². The number of hydrogen-bond acceptors (Lipinski definition) is 4. The topological polar surface area (TPSA) is 64.7 Å². The van der Waals surface area contributed by atoms with E-state index in [-0.39, 0.29) is 17.9 Å². The van der Waals surface area contributed by atoms with E-state index in [1.54, 1.807) is 0 Å². The van der Waals surface area contributed by atoms with Gasteiger partial charge in [-0.25, -0.2) is 0 Å². The maximum Gasteiger partial charge on any atom is 0.228 e. The minimum Gasteiger partial charge on any atom is -0.312 e. The van der Waals surface area contributed by atoms with Crippen LogP contribution in [0.3, 0.4) is 0 Å². The first-order chi connectivity index (χ1) is 16.2. The molecular formula is C27H34N4O2. The van der Waals surface area contributed by atoms with Gasteiger partial charge in [0.2, 0.25) is 11.8 Å². The van der Waals surface area contributed by atoms with E-state index in [1.165, 1.54) is 25.7 Å². The van der Waals surface area contributed by atoms with Gasteiger partial charge < -0.3 is 9.80 Å². The van der Waals surface area contributed by atoms with E-state index in [2.05, 4.69) is 23.0 Å². The van der Waals surface area contributed by atoms with Crippen LogP contribution in [0.2, 0.25) is 0 Å². The van der Waals surface area contributed by atoms with Crippen LogP contribution in [0.15, 0.2) is 54.6 Å². The Labute approximate surface area is 196 Å². The lowest BCUT2D eigenvalue weighted by atomic mass is 9.81. The minimum absolute atomic E-state index is 0.131. The largest absolute Gasteiger partial charge is 0.312 e. The second-order valence-electron chi connectivity index (χ2n) is 9.64. The number of rotatable bonds is 6. The van der Waals surface area contributed by atoms with E-state index < -0.39 is 0 Å². The van der Waals surface area contributed by atoms with Crippen LogP contribution in [-0.4, -0.2) is 30.4 Å². The molecule has 5 rings (SSSR count). The molecule has 0 spiro atoms. The molecule has 3 fully saturated rings. The van der Waals surface area contributed by atoms with Gasteiger partial charge in [0.15, 0.2) is 0 Å². The summed E-state index contributed by atoms with van der Waals surface area (Å²) in [6.45, 7) is 1.31. The van der Waals surface area contributed by atoms with Crippen molar-refractivity contribution in [3.63, 3.8) is 0 Å². The summed E-state index contributed by atoms with van der Waals surface area (Å²) in [5.41, 5.74) is 9.75. The number of benzene rings is 2. The Morgan fingerprint density at radius 1 is 0.939 bits per heavy atom. The van der Waals surface area contributed by atoms with Crippen molar-refractivity contribution < 1.29 is 9.59 Å². The molecule has 0 radical (unpaired) electrons. The van der Waals surface area contributed by atoms with Gasteiger partial charge in [0, 0.05) is 42.8 Å². The number of carbonyl (C=O) groups is 2. The standard InChI is InChI=1S/C27H34N4O2/c32-26-12-6-7-17-30(26)21-13-15-22(16-14-21)31(19-20-8-2-1-3-9-20)27(33)18-25-23-10-4-5-11-24(23)28-29-25/h1-3,8-9,13-16,23-25,28-29H,4-7,10-12,17-19H2. The van der Waals surface area contributed by atoms with Crippen molar-refractivity contribution >= 4 is 23.2 Å². The van der Waals surface area contributed by atoms with Gasteiger partial charge in [0.05, 0.1) is 6.54 Å². The van der Waals surface area contributed by atoms with E-state index in [1.807, 2.05) is 52.3 Å². The number of hydrogen-bond donors (Lipinski definition) is 2. The summed E-state index contributed by atoms with van der Waals surface area (Å²) >= 11 is 0. The molecular weight excluding hydrogens is 412 g/mol. The van der Waals surface area contributed by atoms with Gasteiger partial charge >= 0.3 is 0 Å². The van der Waals surface area contributed by atoms with Gasteiger partial charge in [-0.1, -0.05) is 43.2 Å². The number of hydrazine groups is 1. The van der Waals surface area contributed by atoms with Crippen LogP contribution in [0.4, 0.5) is 11.4 Å². The normalized spacial score (nSPS) is 25.0. The molecule has 2 N–H and O–H groups in total. The van der Waals surface area contributed by atoms with Crippen molar-refractivity contribution in [2.75, 3.05) is 16.3 Å². The van der Waals surface area contributed by atoms with E-state index in [4.69, 9.17) is 0 Å². The number of piperidine rings is 1. The summed E-state index contributed by atoms with van der Waals surface area (Å²) in [5.74, 6) is 0.841. The van der Waals surface area contributed by atoms with Crippen molar-refractivity contribution in [2.24, 2.45) is 5.92 Å². The molecule has 6 heteroatoms. The highest BCUT2D eigenvalue weighted by Gasteiger charge is 2.38. The first kappa shape index (κ1) is 22.1. The zero-order valence-corrected chi connectivity index (χ0v) is 19.2. The first-order valence-corrected chi connectivity index (χ1v) is 12.4. The monoisotopic (exact) mass is 446 g/mol. The molecule has 3 aliphatic rings. The summed E-state index contributed by atoms with van der Waals surface area (Å²) in [6, 6.07) is 18.7. The second-order valence-corrected chi connectivity index (χ2v) is 9.64. The van der Waals surface area contributed by atoms with Crippen molar-refractivity contribution in [1.29, 1.82) is 0 Å². The molecule has 2 amide bonds. The zero-order chi connectivity index (χ0) is 22.6. The third-order valence-electron chi connectivity index (χ3n) is 7.47. The third kappa shape index (κ3) is 4.97. The predicted octanol–water partition coefficient (Wildman–Crippen LogP) is 4.16. The molecule has 6 nitrogen and oxygen atoms in total. The molecule has 2 aromatic rings. The summed E-state index contributed by atoms with van der Waals surface area (Å²) < 4.78 is 0. The number of fused-ring (bicyclic) bond motifs is 1. The van der Waals surface area contributed by atoms with Crippen molar-refractivity contribution in [1.82, 2.24) is 10.9 Å². The van der Waals surface area contributed by atoms with Crippen LogP contribution in [-0.2, 0) is 16.1 Å². The molecule has 3 unspecified atom stereocenters. The summed E-state index contributed by atoms with van der Waals surface area (Å²) in [5, 5.41) is 0. The van der Waals surface area contributed by atoms with Crippen LogP contribution in [0.1, 0.15) is 56.9 Å². The molecule has 1 saturated carbocycles. The highest BCUT2D eigenvalue weighted by atomic mass is 16.2. The lowest BCUT2D eigenvalue weighted by Gasteiger charge is -2.30. The highest BCUT2D eigenvalue weighted by molar-refractivity contribution is 5.96. The van der Waals surface area contributed by atoms with E-state index in [0.717, 1.165) is 36.3 Å².